The van der Waals surface area contributed by atoms with Crippen LogP contribution in [0.3, 0.4) is 0 Å². The SMILES string of the molecule is CC(C)N1CCOC(CNc2ccc(F)c(Cl)c2)C1. The molecule has 1 N–H and O–H groups in total. The van der Waals surface area contributed by atoms with Crippen LogP contribution in [0.25, 0.3) is 0 Å². The van der Waals surface area contributed by atoms with Gasteiger partial charge in [-0.15, -0.1) is 0 Å². The highest BCUT2D eigenvalue weighted by Gasteiger charge is 2.21. The molecule has 0 aromatic heterocycles. The number of morpholine rings is 1. The van der Waals surface area contributed by atoms with Crippen molar-refractivity contribution in [1.82, 2.24) is 4.90 Å². The standard InChI is InChI=1S/C14H20ClFN2O/c1-10(2)18-5-6-19-12(9-18)8-17-11-3-4-14(16)13(15)7-11/h3-4,7,10,12,17H,5-6,8-9H2,1-2H3. The molecule has 1 aromatic carbocycles. The topological polar surface area (TPSA) is 24.5 Å². The number of halogens is 2. The third-order valence-electron chi connectivity index (χ3n) is 3.35. The van der Waals surface area contributed by atoms with Crippen molar-refractivity contribution in [3.63, 3.8) is 0 Å². The summed E-state index contributed by atoms with van der Waals surface area (Å²) >= 11 is 5.75. The van der Waals surface area contributed by atoms with E-state index in [4.69, 9.17) is 16.3 Å². The fourth-order valence-electron chi connectivity index (χ4n) is 2.17. The fraction of sp³-hybridized carbons (Fsp3) is 0.571. The van der Waals surface area contributed by atoms with Gasteiger partial charge in [-0.25, -0.2) is 4.39 Å². The molecule has 0 amide bonds. The second-order valence-corrected chi connectivity index (χ2v) is 5.50. The Morgan fingerprint density at radius 1 is 1.53 bits per heavy atom. The van der Waals surface area contributed by atoms with Crippen molar-refractivity contribution in [1.29, 1.82) is 0 Å². The Morgan fingerprint density at radius 2 is 2.32 bits per heavy atom. The van der Waals surface area contributed by atoms with Crippen molar-refractivity contribution in [2.75, 3.05) is 31.6 Å². The van der Waals surface area contributed by atoms with Crippen LogP contribution >= 0.6 is 11.6 Å². The lowest BCUT2D eigenvalue weighted by Gasteiger charge is -2.35. The molecular formula is C14H20ClFN2O. The van der Waals surface area contributed by atoms with Crippen molar-refractivity contribution in [2.45, 2.75) is 26.0 Å². The van der Waals surface area contributed by atoms with Crippen LogP contribution in [0.1, 0.15) is 13.8 Å². The molecule has 0 spiro atoms. The van der Waals surface area contributed by atoms with E-state index in [0.29, 0.717) is 12.6 Å². The zero-order chi connectivity index (χ0) is 13.8. The van der Waals surface area contributed by atoms with Crippen LogP contribution in [0.4, 0.5) is 10.1 Å². The average molecular weight is 287 g/mol. The summed E-state index contributed by atoms with van der Waals surface area (Å²) in [6.07, 6.45) is 0.153. The first kappa shape index (κ1) is 14.6. The number of benzene rings is 1. The maximum atomic E-state index is 13.0. The van der Waals surface area contributed by atoms with Crippen molar-refractivity contribution in [2.24, 2.45) is 0 Å². The van der Waals surface area contributed by atoms with Gasteiger partial charge >= 0.3 is 0 Å². The Balaban J connectivity index is 1.86. The molecule has 1 heterocycles. The summed E-state index contributed by atoms with van der Waals surface area (Å²) in [5, 5.41) is 3.38. The molecule has 0 bridgehead atoms. The molecule has 1 unspecified atom stereocenters. The Bertz CT molecular complexity index is 428. The molecule has 1 saturated heterocycles. The van der Waals surface area contributed by atoms with Crippen molar-refractivity contribution < 1.29 is 9.13 Å². The number of hydrogen-bond donors (Lipinski definition) is 1. The predicted octanol–water partition coefficient (Wildman–Crippen LogP) is 3.00. The van der Waals surface area contributed by atoms with Gasteiger partial charge in [0.15, 0.2) is 0 Å². The van der Waals surface area contributed by atoms with Crippen LogP contribution in [-0.4, -0.2) is 43.3 Å². The molecule has 5 heteroatoms. The normalized spacial score (nSPS) is 20.8. The molecule has 2 rings (SSSR count). The maximum Gasteiger partial charge on any atom is 0.141 e. The van der Waals surface area contributed by atoms with E-state index >= 15 is 0 Å². The first-order chi connectivity index (χ1) is 9.06. The van der Waals surface area contributed by atoms with Gasteiger partial charge in [-0.3, -0.25) is 4.90 Å². The first-order valence-electron chi connectivity index (χ1n) is 6.61. The summed E-state index contributed by atoms with van der Waals surface area (Å²) in [6, 6.07) is 5.18. The van der Waals surface area contributed by atoms with Gasteiger partial charge in [0.05, 0.1) is 17.7 Å². The quantitative estimate of drug-likeness (QED) is 0.921. The fourth-order valence-corrected chi connectivity index (χ4v) is 2.35. The lowest BCUT2D eigenvalue weighted by Crippen LogP contribution is -2.48. The maximum absolute atomic E-state index is 13.0. The Hall–Kier alpha value is -0.840. The van der Waals surface area contributed by atoms with Crippen LogP contribution < -0.4 is 5.32 Å². The monoisotopic (exact) mass is 286 g/mol. The van der Waals surface area contributed by atoms with Crippen LogP contribution in [0, 0.1) is 5.82 Å². The first-order valence-corrected chi connectivity index (χ1v) is 6.98. The van der Waals surface area contributed by atoms with Gasteiger partial charge < -0.3 is 10.1 Å². The van der Waals surface area contributed by atoms with Gasteiger partial charge in [0, 0.05) is 31.4 Å². The lowest BCUT2D eigenvalue weighted by molar-refractivity contribution is -0.0315. The van der Waals surface area contributed by atoms with E-state index in [1.54, 1.807) is 12.1 Å². The van der Waals surface area contributed by atoms with Crippen LogP contribution in [0.2, 0.25) is 5.02 Å². The van der Waals surface area contributed by atoms with E-state index in [9.17, 15) is 4.39 Å². The minimum absolute atomic E-state index is 0.137. The molecule has 0 radical (unpaired) electrons. The van der Waals surface area contributed by atoms with Crippen molar-refractivity contribution >= 4 is 17.3 Å². The highest BCUT2D eigenvalue weighted by Crippen LogP contribution is 2.19. The van der Waals surface area contributed by atoms with Crippen LogP contribution in [-0.2, 0) is 4.74 Å². The summed E-state index contributed by atoms with van der Waals surface area (Å²) in [5.74, 6) is -0.396. The number of anilines is 1. The smallest absolute Gasteiger partial charge is 0.141 e. The van der Waals surface area contributed by atoms with Gasteiger partial charge in [-0.05, 0) is 32.0 Å². The molecule has 1 aliphatic rings. The second kappa shape index (κ2) is 6.55. The highest BCUT2D eigenvalue weighted by molar-refractivity contribution is 6.31. The summed E-state index contributed by atoms with van der Waals surface area (Å²) in [6.45, 7) is 7.74. The van der Waals surface area contributed by atoms with E-state index in [0.717, 1.165) is 25.4 Å². The summed E-state index contributed by atoms with van der Waals surface area (Å²) in [5.41, 5.74) is 0.816. The van der Waals surface area contributed by atoms with E-state index in [1.807, 2.05) is 0 Å². The molecule has 1 aromatic rings. The van der Waals surface area contributed by atoms with E-state index < -0.39 is 5.82 Å². The van der Waals surface area contributed by atoms with Gasteiger partial charge in [-0.2, -0.15) is 0 Å². The number of rotatable bonds is 4. The molecule has 19 heavy (non-hydrogen) atoms. The molecule has 3 nitrogen and oxygen atoms in total. The van der Waals surface area contributed by atoms with E-state index in [-0.39, 0.29) is 11.1 Å². The Morgan fingerprint density at radius 3 is 3.00 bits per heavy atom. The van der Waals surface area contributed by atoms with Gasteiger partial charge in [-0.1, -0.05) is 11.6 Å². The minimum Gasteiger partial charge on any atom is -0.382 e. The number of ether oxygens (including phenoxy) is 1. The molecule has 1 fully saturated rings. The van der Waals surface area contributed by atoms with Crippen molar-refractivity contribution in [3.05, 3.63) is 29.0 Å². The van der Waals surface area contributed by atoms with Crippen molar-refractivity contribution in [3.8, 4) is 0 Å². The zero-order valence-electron chi connectivity index (χ0n) is 11.3. The lowest BCUT2D eigenvalue weighted by atomic mass is 10.2. The molecule has 1 atom stereocenters. The Kier molecular flexibility index (Phi) is 5.02. The Labute approximate surface area is 118 Å². The molecular weight excluding hydrogens is 267 g/mol. The summed E-state index contributed by atoms with van der Waals surface area (Å²) in [4.78, 5) is 2.40. The molecule has 106 valence electrons. The van der Waals surface area contributed by atoms with Gasteiger partial charge in [0.2, 0.25) is 0 Å². The summed E-state index contributed by atoms with van der Waals surface area (Å²) < 4.78 is 18.8. The van der Waals surface area contributed by atoms with E-state index in [1.165, 1.54) is 6.07 Å². The molecule has 1 aliphatic heterocycles. The number of nitrogens with zero attached hydrogens (tertiary/aromatic N) is 1. The van der Waals surface area contributed by atoms with Crippen LogP contribution in [0.5, 0.6) is 0 Å². The number of hydrogen-bond acceptors (Lipinski definition) is 3. The second-order valence-electron chi connectivity index (χ2n) is 5.09. The zero-order valence-corrected chi connectivity index (χ0v) is 12.1. The van der Waals surface area contributed by atoms with Gasteiger partial charge in [0.1, 0.15) is 5.82 Å². The molecule has 0 saturated carbocycles. The average Bonchev–Trinajstić information content (AvgIpc) is 2.40. The summed E-state index contributed by atoms with van der Waals surface area (Å²) in [7, 11) is 0. The largest absolute Gasteiger partial charge is 0.382 e. The minimum atomic E-state index is -0.396. The van der Waals surface area contributed by atoms with Gasteiger partial charge in [0.25, 0.3) is 0 Å². The molecule has 0 aliphatic carbocycles. The predicted molar refractivity (Wildman–Crippen MR) is 76.3 cm³/mol. The number of nitrogens with one attached hydrogen (secondary N) is 1. The highest BCUT2D eigenvalue weighted by atomic mass is 35.5. The third kappa shape index (κ3) is 4.06. The van der Waals surface area contributed by atoms with E-state index in [2.05, 4.69) is 24.1 Å². The van der Waals surface area contributed by atoms with Crippen LogP contribution in [0.15, 0.2) is 18.2 Å². The third-order valence-corrected chi connectivity index (χ3v) is 3.64.